The van der Waals surface area contributed by atoms with Crippen LogP contribution in [0.5, 0.6) is 5.75 Å². The van der Waals surface area contributed by atoms with Crippen molar-refractivity contribution in [3.05, 3.63) is 36.0 Å². The second-order valence-corrected chi connectivity index (χ2v) is 3.08. The second-order valence-electron chi connectivity index (χ2n) is 3.08. The minimum absolute atomic E-state index is 0.766. The quantitative estimate of drug-likeness (QED) is 0.655. The van der Waals surface area contributed by atoms with Crippen molar-refractivity contribution in [1.29, 1.82) is 0 Å². The van der Waals surface area contributed by atoms with E-state index in [1.165, 1.54) is 5.56 Å². The van der Waals surface area contributed by atoms with Crippen molar-refractivity contribution in [2.45, 2.75) is 6.54 Å². The maximum absolute atomic E-state index is 5.23. The first-order valence-electron chi connectivity index (χ1n) is 4.21. The Morgan fingerprint density at radius 1 is 1.38 bits per heavy atom. The van der Waals surface area contributed by atoms with Gasteiger partial charge in [0, 0.05) is 17.1 Å². The molecule has 0 spiro atoms. The number of nitrogens with one attached hydrogen (secondary N) is 1. The van der Waals surface area contributed by atoms with Crippen molar-refractivity contribution >= 4 is 10.9 Å². The van der Waals surface area contributed by atoms with Crippen LogP contribution in [0.2, 0.25) is 0 Å². The molecule has 1 aromatic heterocycles. The molecule has 3 rings (SSSR count). The summed E-state index contributed by atoms with van der Waals surface area (Å²) in [6, 6.07) is 8.03. The van der Waals surface area contributed by atoms with Crippen molar-refractivity contribution in [3.8, 4) is 5.75 Å². The average molecular weight is 172 g/mol. The molecular formula is C10H8N2O. The first kappa shape index (κ1) is 6.86. The number of hydrogen-bond donors (Lipinski definition) is 1. The molecule has 0 amide bonds. The molecule has 1 aliphatic heterocycles. The van der Waals surface area contributed by atoms with Gasteiger partial charge in [-0.15, -0.1) is 0 Å². The van der Waals surface area contributed by atoms with Gasteiger partial charge in [-0.3, -0.25) is 4.98 Å². The Kier molecular flexibility index (Phi) is 1.29. The molecule has 1 N–H and O–H groups in total. The summed E-state index contributed by atoms with van der Waals surface area (Å²) in [4.78, 5) is 9.50. The largest absolute Gasteiger partial charge is 0.408 e. The first-order chi connectivity index (χ1) is 6.43. The summed E-state index contributed by atoms with van der Waals surface area (Å²) in [5.41, 5.74) is 5.03. The molecule has 0 saturated carbocycles. The van der Waals surface area contributed by atoms with Crippen molar-refractivity contribution in [2.75, 3.05) is 0 Å². The highest BCUT2D eigenvalue weighted by molar-refractivity contribution is 5.81. The van der Waals surface area contributed by atoms with Crippen molar-refractivity contribution in [1.82, 2.24) is 10.5 Å². The van der Waals surface area contributed by atoms with Gasteiger partial charge in [-0.1, -0.05) is 6.07 Å². The normalized spacial score (nSPS) is 14.2. The molecule has 64 valence electrons. The van der Waals surface area contributed by atoms with Crippen molar-refractivity contribution in [3.63, 3.8) is 0 Å². The zero-order valence-corrected chi connectivity index (χ0v) is 6.95. The van der Waals surface area contributed by atoms with Gasteiger partial charge in [-0.2, -0.15) is 5.48 Å². The number of hydrogen-bond acceptors (Lipinski definition) is 3. The summed E-state index contributed by atoms with van der Waals surface area (Å²) >= 11 is 0. The molecule has 13 heavy (non-hydrogen) atoms. The summed E-state index contributed by atoms with van der Waals surface area (Å²) in [6.45, 7) is 0.766. The van der Waals surface area contributed by atoms with Gasteiger partial charge in [0.25, 0.3) is 0 Å². The number of benzene rings is 1. The molecule has 3 heteroatoms. The third-order valence-corrected chi connectivity index (χ3v) is 2.23. The fourth-order valence-electron chi connectivity index (χ4n) is 1.57. The number of hydroxylamine groups is 1. The van der Waals surface area contributed by atoms with Crippen molar-refractivity contribution < 1.29 is 4.84 Å². The molecule has 0 unspecified atom stereocenters. The van der Waals surface area contributed by atoms with Gasteiger partial charge >= 0.3 is 0 Å². The lowest BCUT2D eigenvalue weighted by molar-refractivity contribution is 0.224. The molecule has 0 radical (unpaired) electrons. The van der Waals surface area contributed by atoms with E-state index in [4.69, 9.17) is 4.84 Å². The summed E-state index contributed by atoms with van der Waals surface area (Å²) in [6.07, 6.45) is 1.80. The molecule has 1 aromatic carbocycles. The molecule has 2 aromatic rings. The van der Waals surface area contributed by atoms with Crippen LogP contribution in [0.4, 0.5) is 0 Å². The van der Waals surface area contributed by atoms with Crippen LogP contribution in [0.25, 0.3) is 10.9 Å². The maximum atomic E-state index is 5.23. The predicted octanol–water partition coefficient (Wildman–Crippen LogP) is 1.63. The van der Waals surface area contributed by atoms with Crippen LogP contribution < -0.4 is 10.3 Å². The molecule has 1 aliphatic rings. The van der Waals surface area contributed by atoms with Crippen LogP contribution in [0, 0.1) is 0 Å². The molecule has 3 nitrogen and oxygen atoms in total. The SMILES string of the molecule is c1cnc2cc3c(cc2c1)ONC3. The number of nitrogens with zero attached hydrogens (tertiary/aromatic N) is 1. The van der Waals surface area contributed by atoms with E-state index in [1.54, 1.807) is 6.20 Å². The zero-order chi connectivity index (χ0) is 8.67. The number of fused-ring (bicyclic) bond motifs is 2. The fraction of sp³-hybridized carbons (Fsp3) is 0.100. The van der Waals surface area contributed by atoms with Gasteiger partial charge in [0.05, 0.1) is 12.1 Å². The summed E-state index contributed by atoms with van der Waals surface area (Å²) in [5, 5.41) is 1.12. The standard InChI is InChI=1S/C10H8N2O/c1-2-7-5-10-8(6-12-13-10)4-9(7)11-3-1/h1-5,12H,6H2. The van der Waals surface area contributed by atoms with Crippen LogP contribution in [-0.4, -0.2) is 4.98 Å². The van der Waals surface area contributed by atoms with Crippen LogP contribution >= 0.6 is 0 Å². The van der Waals surface area contributed by atoms with E-state index >= 15 is 0 Å². The van der Waals surface area contributed by atoms with Crippen LogP contribution in [0.1, 0.15) is 5.56 Å². The Labute approximate surface area is 75.3 Å². The molecule has 0 saturated heterocycles. The Balaban J connectivity index is 2.36. The lowest BCUT2D eigenvalue weighted by Crippen LogP contribution is -2.07. The molecular weight excluding hydrogens is 164 g/mol. The average Bonchev–Trinajstić information content (AvgIpc) is 2.61. The highest BCUT2D eigenvalue weighted by atomic mass is 16.7. The minimum Gasteiger partial charge on any atom is -0.408 e. The Bertz CT molecular complexity index is 425. The third kappa shape index (κ3) is 0.975. The minimum atomic E-state index is 0.766. The van der Waals surface area contributed by atoms with E-state index in [0.717, 1.165) is 23.2 Å². The van der Waals surface area contributed by atoms with Gasteiger partial charge in [0.15, 0.2) is 5.75 Å². The first-order valence-corrected chi connectivity index (χ1v) is 4.21. The molecule has 2 heterocycles. The predicted molar refractivity (Wildman–Crippen MR) is 49.2 cm³/mol. The van der Waals surface area contributed by atoms with E-state index in [1.807, 2.05) is 18.2 Å². The second kappa shape index (κ2) is 2.44. The Morgan fingerprint density at radius 2 is 2.38 bits per heavy atom. The summed E-state index contributed by atoms with van der Waals surface area (Å²) in [5.74, 6) is 0.917. The number of rotatable bonds is 0. The lowest BCUT2D eigenvalue weighted by atomic mass is 10.1. The van der Waals surface area contributed by atoms with Gasteiger partial charge in [0.2, 0.25) is 0 Å². The maximum Gasteiger partial charge on any atom is 0.152 e. The van der Waals surface area contributed by atoms with Crippen molar-refractivity contribution in [2.24, 2.45) is 0 Å². The van der Waals surface area contributed by atoms with E-state index < -0.39 is 0 Å². The van der Waals surface area contributed by atoms with Crippen LogP contribution in [0.15, 0.2) is 30.5 Å². The van der Waals surface area contributed by atoms with E-state index in [-0.39, 0.29) is 0 Å². The van der Waals surface area contributed by atoms with E-state index in [0.29, 0.717) is 0 Å². The smallest absolute Gasteiger partial charge is 0.152 e. The number of pyridine rings is 1. The Hall–Kier alpha value is -1.61. The van der Waals surface area contributed by atoms with E-state index in [9.17, 15) is 0 Å². The topological polar surface area (TPSA) is 34.1 Å². The van der Waals surface area contributed by atoms with E-state index in [2.05, 4.69) is 16.5 Å². The third-order valence-electron chi connectivity index (χ3n) is 2.23. The molecule has 0 bridgehead atoms. The monoisotopic (exact) mass is 172 g/mol. The molecule has 0 aliphatic carbocycles. The zero-order valence-electron chi connectivity index (χ0n) is 6.95. The Morgan fingerprint density at radius 3 is 3.38 bits per heavy atom. The molecule has 0 fully saturated rings. The summed E-state index contributed by atoms with van der Waals surface area (Å²) < 4.78 is 0. The molecule has 0 atom stereocenters. The van der Waals surface area contributed by atoms with Crippen LogP contribution in [-0.2, 0) is 6.54 Å². The van der Waals surface area contributed by atoms with Gasteiger partial charge in [0.1, 0.15) is 0 Å². The van der Waals surface area contributed by atoms with Gasteiger partial charge in [-0.25, -0.2) is 0 Å². The van der Waals surface area contributed by atoms with Crippen LogP contribution in [0.3, 0.4) is 0 Å². The fourth-order valence-corrected chi connectivity index (χ4v) is 1.57. The lowest BCUT2D eigenvalue weighted by Gasteiger charge is -1.99. The highest BCUT2D eigenvalue weighted by Crippen LogP contribution is 2.27. The summed E-state index contributed by atoms with van der Waals surface area (Å²) in [7, 11) is 0. The van der Waals surface area contributed by atoms with Gasteiger partial charge in [-0.05, 0) is 18.2 Å². The van der Waals surface area contributed by atoms with Gasteiger partial charge < -0.3 is 4.84 Å². The highest BCUT2D eigenvalue weighted by Gasteiger charge is 2.12. The number of aromatic nitrogens is 1.